The van der Waals surface area contributed by atoms with Crippen LogP contribution in [0.2, 0.25) is 0 Å². The van der Waals surface area contributed by atoms with E-state index >= 15 is 0 Å². The van der Waals surface area contributed by atoms with E-state index in [2.05, 4.69) is 13.8 Å². The van der Waals surface area contributed by atoms with Crippen LogP contribution < -0.4 is 0 Å². The van der Waals surface area contributed by atoms with Gasteiger partial charge in [0, 0.05) is 13.0 Å². The second-order valence-electron chi connectivity index (χ2n) is 20.1. The predicted octanol–water partition coefficient (Wildman–Crippen LogP) is 9.25. The summed E-state index contributed by atoms with van der Waals surface area (Å²) in [5, 5.41) is 72.2. The van der Waals surface area contributed by atoms with Crippen molar-refractivity contribution in [3.05, 3.63) is 0 Å². The summed E-state index contributed by atoms with van der Waals surface area (Å²) in [6.45, 7) is 3.75. The van der Waals surface area contributed by atoms with Crippen molar-refractivity contribution in [2.45, 2.75) is 306 Å². The van der Waals surface area contributed by atoms with E-state index < -0.39 is 80.7 Å². The Kier molecular flexibility index (Phi) is 39.4. The molecule has 0 amide bonds. The fourth-order valence-corrected chi connectivity index (χ4v) is 9.29. The van der Waals surface area contributed by atoms with Crippen molar-refractivity contribution in [1.82, 2.24) is 0 Å². The summed E-state index contributed by atoms with van der Waals surface area (Å²) in [5.74, 6) is -0.368. The van der Waals surface area contributed by atoms with Crippen LogP contribution in [0.25, 0.3) is 0 Å². The zero-order valence-electron chi connectivity index (χ0n) is 43.1. The van der Waals surface area contributed by atoms with Crippen LogP contribution >= 0.6 is 0 Å². The summed E-state index contributed by atoms with van der Waals surface area (Å²) in [6.07, 6.45) is 27.3. The van der Waals surface area contributed by atoms with E-state index in [-0.39, 0.29) is 25.6 Å². The fourth-order valence-electron chi connectivity index (χ4n) is 9.29. The number of carbonyl (C=O) groups excluding carboxylic acids is 1. The zero-order chi connectivity index (χ0) is 49.5. The smallest absolute Gasteiger partial charge is 0.306 e. The fraction of sp³-hybridized carbons (Fsp3) is 0.981. The molecule has 7 N–H and O–H groups in total. The number of hydrogen-bond donors (Lipinski definition) is 7. The minimum absolute atomic E-state index is 0.0707. The summed E-state index contributed by atoms with van der Waals surface area (Å²) in [7, 11) is 0. The molecule has 14 heteroatoms. The molecule has 68 heavy (non-hydrogen) atoms. The Labute approximate surface area is 412 Å². The molecule has 14 nitrogen and oxygen atoms in total. The van der Waals surface area contributed by atoms with Gasteiger partial charge in [-0.15, -0.1) is 0 Å². The van der Waals surface area contributed by atoms with E-state index in [1.54, 1.807) is 0 Å². The highest BCUT2D eigenvalue weighted by molar-refractivity contribution is 5.69. The van der Waals surface area contributed by atoms with E-state index in [4.69, 9.17) is 28.4 Å². The molecule has 0 aromatic carbocycles. The van der Waals surface area contributed by atoms with Crippen LogP contribution in [0.3, 0.4) is 0 Å². The number of aliphatic hydroxyl groups excluding tert-OH is 7. The van der Waals surface area contributed by atoms with E-state index in [0.29, 0.717) is 6.61 Å². The van der Waals surface area contributed by atoms with Crippen LogP contribution in [-0.2, 0) is 33.2 Å². The van der Waals surface area contributed by atoms with Gasteiger partial charge in [-0.3, -0.25) is 4.79 Å². The molecule has 0 spiro atoms. The molecule has 0 aliphatic carbocycles. The lowest BCUT2D eigenvalue weighted by molar-refractivity contribution is -0.332. The monoisotopic (exact) mass is 977 g/mol. The van der Waals surface area contributed by atoms with E-state index in [1.807, 2.05) is 0 Å². The average Bonchev–Trinajstić information content (AvgIpc) is 3.33. The number of esters is 1. The van der Waals surface area contributed by atoms with Crippen molar-refractivity contribution in [1.29, 1.82) is 0 Å². The van der Waals surface area contributed by atoms with Crippen molar-refractivity contribution in [2.24, 2.45) is 0 Å². The summed E-state index contributed by atoms with van der Waals surface area (Å²) in [5.41, 5.74) is 0. The molecule has 2 heterocycles. The van der Waals surface area contributed by atoms with Crippen LogP contribution in [0.4, 0.5) is 0 Å². The largest absolute Gasteiger partial charge is 0.457 e. The third-order valence-corrected chi connectivity index (χ3v) is 13.9. The van der Waals surface area contributed by atoms with Crippen LogP contribution in [0.15, 0.2) is 0 Å². The maximum Gasteiger partial charge on any atom is 0.306 e. The van der Waals surface area contributed by atoms with Crippen molar-refractivity contribution in [2.75, 3.05) is 33.0 Å². The SMILES string of the molecule is CCCCCCCCCCCCCCCCCCCCOCC(COC1OC(COC2OC(CO)C(O)C(O)C2O)C(O)C(O)C1O)OC(=O)CCCCCCCCCCCCCCCCCC. The molecule has 404 valence electrons. The molecule has 2 aliphatic rings. The standard InChI is InChI=1S/C54H104O14/c1-3-5-7-9-11-13-15-17-19-21-22-24-26-28-30-32-34-36-38-63-40-43(66-46(56)37-35-33-31-29-27-25-23-20-18-16-14-12-10-8-6-4-2)41-64-53-52(62)50(60)48(58)45(68-53)42-65-54-51(61)49(59)47(57)44(39-55)67-54/h43-45,47-55,57-62H,3-42H2,1-2H3. The van der Waals surface area contributed by atoms with Crippen molar-refractivity contribution < 1.29 is 69.0 Å². The number of aliphatic hydroxyl groups is 7. The van der Waals surface area contributed by atoms with Crippen LogP contribution in [0, 0.1) is 0 Å². The van der Waals surface area contributed by atoms with Crippen LogP contribution in [0.5, 0.6) is 0 Å². The van der Waals surface area contributed by atoms with Gasteiger partial charge in [0.15, 0.2) is 12.6 Å². The normalized spacial score (nSPS) is 25.8. The lowest BCUT2D eigenvalue weighted by Crippen LogP contribution is -2.61. The summed E-state index contributed by atoms with van der Waals surface area (Å²) in [6, 6.07) is 0. The first-order chi connectivity index (χ1) is 33.1. The van der Waals surface area contributed by atoms with Gasteiger partial charge in [0.25, 0.3) is 0 Å². The maximum absolute atomic E-state index is 13.0. The van der Waals surface area contributed by atoms with Gasteiger partial charge in [-0.1, -0.05) is 219 Å². The Morgan fingerprint density at radius 3 is 1.19 bits per heavy atom. The first-order valence-electron chi connectivity index (χ1n) is 28.1. The molecule has 11 atom stereocenters. The third-order valence-electron chi connectivity index (χ3n) is 13.9. The molecule has 0 aromatic rings. The quantitative estimate of drug-likeness (QED) is 0.0224. The second kappa shape index (κ2) is 42.5. The summed E-state index contributed by atoms with van der Waals surface area (Å²) >= 11 is 0. The van der Waals surface area contributed by atoms with Gasteiger partial charge in [0.1, 0.15) is 54.9 Å². The topological polar surface area (TPSA) is 214 Å². The Morgan fingerprint density at radius 1 is 0.426 bits per heavy atom. The molecule has 0 saturated carbocycles. The minimum atomic E-state index is -1.70. The van der Waals surface area contributed by atoms with Crippen molar-refractivity contribution in [3.8, 4) is 0 Å². The second-order valence-corrected chi connectivity index (χ2v) is 20.1. The number of rotatable bonds is 46. The summed E-state index contributed by atoms with van der Waals surface area (Å²) < 4.78 is 34.4. The van der Waals surface area contributed by atoms with Crippen LogP contribution in [-0.4, -0.2) is 142 Å². The molecule has 0 radical (unpaired) electrons. The molecule has 2 fully saturated rings. The highest BCUT2D eigenvalue weighted by atomic mass is 16.7. The Balaban J connectivity index is 1.72. The Hall–Kier alpha value is -1.01. The van der Waals surface area contributed by atoms with Gasteiger partial charge < -0.3 is 64.2 Å². The highest BCUT2D eigenvalue weighted by Crippen LogP contribution is 2.27. The molecular formula is C54H104O14. The lowest BCUT2D eigenvalue weighted by Gasteiger charge is -2.42. The molecular weight excluding hydrogens is 873 g/mol. The van der Waals surface area contributed by atoms with Crippen molar-refractivity contribution >= 4 is 5.97 Å². The Morgan fingerprint density at radius 2 is 0.779 bits per heavy atom. The van der Waals surface area contributed by atoms with E-state index in [1.165, 1.54) is 173 Å². The predicted molar refractivity (Wildman–Crippen MR) is 266 cm³/mol. The summed E-state index contributed by atoms with van der Waals surface area (Å²) in [4.78, 5) is 13.0. The van der Waals surface area contributed by atoms with Gasteiger partial charge in [0.2, 0.25) is 0 Å². The third kappa shape index (κ3) is 29.5. The van der Waals surface area contributed by atoms with Crippen molar-refractivity contribution in [3.63, 3.8) is 0 Å². The number of hydrogen-bond acceptors (Lipinski definition) is 14. The number of ether oxygens (including phenoxy) is 6. The maximum atomic E-state index is 13.0. The number of carbonyl (C=O) groups is 1. The molecule has 11 unspecified atom stereocenters. The van der Waals surface area contributed by atoms with E-state index in [0.717, 1.165) is 44.9 Å². The van der Waals surface area contributed by atoms with Gasteiger partial charge in [-0.25, -0.2) is 0 Å². The molecule has 0 aromatic heterocycles. The molecule has 2 saturated heterocycles. The van der Waals surface area contributed by atoms with Gasteiger partial charge in [-0.2, -0.15) is 0 Å². The van der Waals surface area contributed by atoms with Crippen LogP contribution in [0.1, 0.15) is 239 Å². The first kappa shape index (κ1) is 63.1. The molecule has 2 aliphatic heterocycles. The molecule has 2 rings (SSSR count). The lowest BCUT2D eigenvalue weighted by atomic mass is 9.98. The Bertz CT molecular complexity index is 1130. The minimum Gasteiger partial charge on any atom is -0.457 e. The average molecular weight is 977 g/mol. The highest BCUT2D eigenvalue weighted by Gasteiger charge is 2.47. The number of unbranched alkanes of at least 4 members (excludes halogenated alkanes) is 32. The molecule has 0 bridgehead atoms. The van der Waals surface area contributed by atoms with Gasteiger partial charge >= 0.3 is 5.97 Å². The van der Waals surface area contributed by atoms with E-state index in [9.17, 15) is 40.5 Å². The van der Waals surface area contributed by atoms with Gasteiger partial charge in [0.05, 0.1) is 26.4 Å². The first-order valence-corrected chi connectivity index (χ1v) is 28.1. The van der Waals surface area contributed by atoms with Gasteiger partial charge in [-0.05, 0) is 12.8 Å². The zero-order valence-corrected chi connectivity index (χ0v) is 43.1.